The summed E-state index contributed by atoms with van der Waals surface area (Å²) in [7, 11) is 1.59. The van der Waals surface area contributed by atoms with Crippen LogP contribution in [0.2, 0.25) is 0 Å². The molecule has 29 heavy (non-hydrogen) atoms. The molecule has 1 fully saturated rings. The molecule has 152 valence electrons. The van der Waals surface area contributed by atoms with Crippen LogP contribution in [-0.2, 0) is 11.3 Å². The van der Waals surface area contributed by atoms with Crippen molar-refractivity contribution in [3.63, 3.8) is 0 Å². The molecule has 2 aromatic rings. The van der Waals surface area contributed by atoms with Gasteiger partial charge in [-0.15, -0.1) is 0 Å². The number of nitrogens with one attached hydrogen (secondary N) is 1. The number of anilines is 1. The van der Waals surface area contributed by atoms with Gasteiger partial charge in [0.05, 0.1) is 7.11 Å². The second-order valence-corrected chi connectivity index (χ2v) is 6.77. The number of fused-ring (bicyclic) bond motifs is 1. The van der Waals surface area contributed by atoms with Gasteiger partial charge in [0.1, 0.15) is 25.5 Å². The van der Waals surface area contributed by atoms with Crippen LogP contribution in [0.5, 0.6) is 17.2 Å². The molecular formula is C21H23N3O5. The van der Waals surface area contributed by atoms with Gasteiger partial charge in [-0.1, -0.05) is 18.2 Å². The van der Waals surface area contributed by atoms with Crippen molar-refractivity contribution in [2.75, 3.05) is 44.9 Å². The van der Waals surface area contributed by atoms with Crippen molar-refractivity contribution in [3.05, 3.63) is 48.0 Å². The Kier molecular flexibility index (Phi) is 5.41. The largest absolute Gasteiger partial charge is 0.496 e. The van der Waals surface area contributed by atoms with E-state index in [1.807, 2.05) is 30.3 Å². The summed E-state index contributed by atoms with van der Waals surface area (Å²) < 4.78 is 16.4. The smallest absolute Gasteiger partial charge is 0.325 e. The number of hydrogen-bond acceptors (Lipinski definition) is 5. The van der Waals surface area contributed by atoms with Gasteiger partial charge in [-0.05, 0) is 18.2 Å². The average molecular weight is 397 g/mol. The Hall–Kier alpha value is -3.42. The lowest BCUT2D eigenvalue weighted by atomic mass is 10.2. The zero-order chi connectivity index (χ0) is 20.2. The summed E-state index contributed by atoms with van der Waals surface area (Å²) in [4.78, 5) is 28.3. The van der Waals surface area contributed by atoms with E-state index in [-0.39, 0.29) is 18.5 Å². The first-order valence-electron chi connectivity index (χ1n) is 9.50. The normalized spacial score (nSPS) is 15.4. The Morgan fingerprint density at radius 2 is 1.90 bits per heavy atom. The number of urea groups is 1. The van der Waals surface area contributed by atoms with E-state index in [2.05, 4.69) is 5.32 Å². The van der Waals surface area contributed by atoms with Crippen LogP contribution in [0, 0.1) is 0 Å². The average Bonchev–Trinajstić information content (AvgIpc) is 3.12. The van der Waals surface area contributed by atoms with Gasteiger partial charge < -0.3 is 24.4 Å². The molecular weight excluding hydrogens is 374 g/mol. The third-order valence-electron chi connectivity index (χ3n) is 4.94. The molecule has 4 rings (SSSR count). The van der Waals surface area contributed by atoms with Crippen molar-refractivity contribution < 1.29 is 23.8 Å². The zero-order valence-corrected chi connectivity index (χ0v) is 16.2. The van der Waals surface area contributed by atoms with E-state index in [0.29, 0.717) is 44.3 Å². The van der Waals surface area contributed by atoms with Gasteiger partial charge in [0, 0.05) is 37.0 Å². The van der Waals surface area contributed by atoms with E-state index in [1.165, 1.54) is 4.90 Å². The fourth-order valence-electron chi connectivity index (χ4n) is 3.44. The molecule has 0 aliphatic carbocycles. The minimum Gasteiger partial charge on any atom is -0.496 e. The van der Waals surface area contributed by atoms with Crippen molar-refractivity contribution in [3.8, 4) is 17.2 Å². The van der Waals surface area contributed by atoms with Crippen LogP contribution in [-0.4, -0.2) is 56.8 Å². The fraction of sp³-hybridized carbons (Fsp3) is 0.333. The van der Waals surface area contributed by atoms with Crippen molar-refractivity contribution in [1.82, 2.24) is 10.2 Å². The molecule has 8 nitrogen and oxygen atoms in total. The van der Waals surface area contributed by atoms with Crippen molar-refractivity contribution in [1.29, 1.82) is 0 Å². The molecule has 0 saturated carbocycles. The number of carbonyl (C=O) groups excluding carboxylic acids is 2. The Bertz CT molecular complexity index is 917. The van der Waals surface area contributed by atoms with E-state index in [1.54, 1.807) is 24.1 Å². The first-order chi connectivity index (χ1) is 14.2. The number of carbonyl (C=O) groups is 2. The van der Waals surface area contributed by atoms with Gasteiger partial charge in [0.15, 0.2) is 11.5 Å². The molecule has 2 aliphatic rings. The number of ether oxygens (including phenoxy) is 3. The number of hydrogen-bond donors (Lipinski definition) is 1. The second kappa shape index (κ2) is 8.30. The lowest BCUT2D eigenvalue weighted by Gasteiger charge is -2.22. The van der Waals surface area contributed by atoms with Crippen molar-refractivity contribution in [2.45, 2.75) is 6.54 Å². The number of nitrogens with zero attached hydrogens (tertiary/aromatic N) is 2. The standard InChI is InChI=1S/C21H23N3O5/c1-27-17-5-3-2-4-15(17)13-22-20(25)14-23-8-9-24(21(23)26)16-6-7-18-19(12-16)29-11-10-28-18/h2-7,12H,8-11,13-14H2,1H3,(H,22,25). The van der Waals surface area contributed by atoms with E-state index < -0.39 is 0 Å². The molecule has 1 N–H and O–H groups in total. The maximum atomic E-state index is 12.8. The van der Waals surface area contributed by atoms with Crippen LogP contribution in [0.4, 0.5) is 10.5 Å². The maximum absolute atomic E-state index is 12.8. The molecule has 8 heteroatoms. The highest BCUT2D eigenvalue weighted by atomic mass is 16.6. The molecule has 0 bridgehead atoms. The minimum absolute atomic E-state index is 0.00896. The summed E-state index contributed by atoms with van der Waals surface area (Å²) in [6, 6.07) is 12.7. The van der Waals surface area contributed by atoms with Crippen LogP contribution in [0.1, 0.15) is 5.56 Å². The van der Waals surface area contributed by atoms with E-state index in [9.17, 15) is 9.59 Å². The van der Waals surface area contributed by atoms with Gasteiger partial charge in [0.25, 0.3) is 0 Å². The SMILES string of the molecule is COc1ccccc1CNC(=O)CN1CCN(c2ccc3c(c2)OCCO3)C1=O. The lowest BCUT2D eigenvalue weighted by molar-refractivity contribution is -0.121. The maximum Gasteiger partial charge on any atom is 0.325 e. The summed E-state index contributed by atoms with van der Waals surface area (Å²) in [6.45, 7) is 2.36. The summed E-state index contributed by atoms with van der Waals surface area (Å²) in [5.41, 5.74) is 1.62. The molecule has 0 aromatic heterocycles. The number of amides is 3. The van der Waals surface area contributed by atoms with Gasteiger partial charge in [0.2, 0.25) is 5.91 Å². The number of benzene rings is 2. The monoisotopic (exact) mass is 397 g/mol. The minimum atomic E-state index is -0.215. The van der Waals surface area contributed by atoms with Crippen molar-refractivity contribution in [2.24, 2.45) is 0 Å². The first-order valence-corrected chi connectivity index (χ1v) is 9.50. The first kappa shape index (κ1) is 18.9. The van der Waals surface area contributed by atoms with Crippen LogP contribution in [0.15, 0.2) is 42.5 Å². The van der Waals surface area contributed by atoms with Gasteiger partial charge in [-0.25, -0.2) is 4.79 Å². The van der Waals surface area contributed by atoms with Crippen LogP contribution >= 0.6 is 0 Å². The molecule has 2 aliphatic heterocycles. The second-order valence-electron chi connectivity index (χ2n) is 6.77. The predicted octanol–water partition coefficient (Wildman–Crippen LogP) is 2.02. The summed E-state index contributed by atoms with van der Waals surface area (Å²) >= 11 is 0. The molecule has 2 heterocycles. The number of methoxy groups -OCH3 is 1. The lowest BCUT2D eigenvalue weighted by Crippen LogP contribution is -2.39. The Morgan fingerprint density at radius 1 is 1.10 bits per heavy atom. The summed E-state index contributed by atoms with van der Waals surface area (Å²) in [5, 5.41) is 2.85. The fourth-order valence-corrected chi connectivity index (χ4v) is 3.44. The highest BCUT2D eigenvalue weighted by Gasteiger charge is 2.31. The summed E-state index contributed by atoms with van der Waals surface area (Å²) in [6.07, 6.45) is 0. The van der Waals surface area contributed by atoms with Gasteiger partial charge >= 0.3 is 6.03 Å². The predicted molar refractivity (Wildman–Crippen MR) is 107 cm³/mol. The number of para-hydroxylation sites is 1. The molecule has 0 spiro atoms. The van der Waals surface area contributed by atoms with E-state index >= 15 is 0 Å². The molecule has 1 saturated heterocycles. The topological polar surface area (TPSA) is 80.3 Å². The molecule has 3 amide bonds. The van der Waals surface area contributed by atoms with Gasteiger partial charge in [-0.3, -0.25) is 9.69 Å². The van der Waals surface area contributed by atoms with E-state index in [0.717, 1.165) is 17.0 Å². The highest BCUT2D eigenvalue weighted by Crippen LogP contribution is 2.35. The quantitative estimate of drug-likeness (QED) is 0.807. The molecule has 0 atom stereocenters. The zero-order valence-electron chi connectivity index (χ0n) is 16.2. The van der Waals surface area contributed by atoms with Crippen LogP contribution in [0.25, 0.3) is 0 Å². The van der Waals surface area contributed by atoms with E-state index in [4.69, 9.17) is 14.2 Å². The molecule has 2 aromatic carbocycles. The Labute approximate surface area is 168 Å². The summed E-state index contributed by atoms with van der Waals surface area (Å²) in [5.74, 6) is 1.82. The molecule has 0 unspecified atom stereocenters. The van der Waals surface area contributed by atoms with Crippen LogP contribution in [0.3, 0.4) is 0 Å². The highest BCUT2D eigenvalue weighted by molar-refractivity contribution is 5.96. The third-order valence-corrected chi connectivity index (χ3v) is 4.94. The van der Waals surface area contributed by atoms with Crippen molar-refractivity contribution >= 4 is 17.6 Å². The Morgan fingerprint density at radius 3 is 2.72 bits per heavy atom. The van der Waals surface area contributed by atoms with Crippen LogP contribution < -0.4 is 24.4 Å². The Balaban J connectivity index is 1.35. The van der Waals surface area contributed by atoms with Gasteiger partial charge in [-0.2, -0.15) is 0 Å². The number of rotatable bonds is 6. The molecule has 0 radical (unpaired) electrons. The third kappa shape index (κ3) is 4.06.